The van der Waals surface area contributed by atoms with Gasteiger partial charge in [0.15, 0.2) is 5.78 Å². The number of amides is 3. The Hall–Kier alpha value is -4.08. The molecule has 1 aliphatic rings. The van der Waals surface area contributed by atoms with E-state index in [2.05, 4.69) is 20.8 Å². The number of benzene rings is 2. The molecular weight excluding hydrogens is 412 g/mol. The number of nitrogens with zero attached hydrogens (tertiary/aromatic N) is 5. The fraction of sp³-hybridized carbons (Fsp3) is 0.273. The molecule has 164 valence electrons. The number of hydrogen-bond donors (Lipinski definition) is 1. The number of aromatic nitrogens is 4. The number of rotatable bonds is 7. The van der Waals surface area contributed by atoms with Crippen LogP contribution in [0.5, 0.6) is 5.75 Å². The van der Waals surface area contributed by atoms with Crippen molar-refractivity contribution in [3.63, 3.8) is 0 Å². The highest BCUT2D eigenvalue weighted by atomic mass is 16.5. The van der Waals surface area contributed by atoms with Gasteiger partial charge in [0.25, 0.3) is 5.91 Å². The Labute approximate surface area is 184 Å². The van der Waals surface area contributed by atoms with Crippen molar-refractivity contribution in [3.05, 3.63) is 65.5 Å². The molecule has 1 aromatic heterocycles. The number of carbonyl (C=O) groups is 3. The van der Waals surface area contributed by atoms with E-state index in [1.54, 1.807) is 49.4 Å². The average Bonchev–Trinajstić information content (AvgIpc) is 3.39. The Morgan fingerprint density at radius 2 is 2.00 bits per heavy atom. The van der Waals surface area contributed by atoms with Gasteiger partial charge in [-0.3, -0.25) is 14.5 Å². The van der Waals surface area contributed by atoms with E-state index in [-0.39, 0.29) is 12.3 Å². The minimum atomic E-state index is -1.27. The molecule has 2 aromatic carbocycles. The first kappa shape index (κ1) is 21.2. The first-order chi connectivity index (χ1) is 15.3. The van der Waals surface area contributed by atoms with Crippen LogP contribution >= 0.6 is 0 Å². The molecule has 0 spiro atoms. The first-order valence-electron chi connectivity index (χ1n) is 10.1. The molecule has 1 aliphatic heterocycles. The Balaban J connectivity index is 1.66. The van der Waals surface area contributed by atoms with Crippen LogP contribution in [0.25, 0.3) is 5.69 Å². The lowest BCUT2D eigenvalue weighted by Crippen LogP contribution is -2.40. The van der Waals surface area contributed by atoms with E-state index in [0.717, 1.165) is 4.90 Å². The molecular formula is C22H22N6O4. The summed E-state index contributed by atoms with van der Waals surface area (Å²) in [6, 6.07) is 11.5. The number of nitrogens with one attached hydrogen (secondary N) is 1. The van der Waals surface area contributed by atoms with Crippen LogP contribution in [0, 0.1) is 0 Å². The number of Topliss-reactive ketones (excluding diaryl/α,β-unsaturated/α-hetero) is 1. The summed E-state index contributed by atoms with van der Waals surface area (Å²) in [5.41, 5.74) is 1.03. The third-order valence-corrected chi connectivity index (χ3v) is 5.41. The van der Waals surface area contributed by atoms with Gasteiger partial charge in [0, 0.05) is 11.1 Å². The minimum absolute atomic E-state index is 0.0244. The molecule has 0 unspecified atom stereocenters. The van der Waals surface area contributed by atoms with Gasteiger partial charge < -0.3 is 10.1 Å². The smallest absolute Gasteiger partial charge is 0.325 e. The summed E-state index contributed by atoms with van der Waals surface area (Å²) in [5.74, 6) is -0.00447. The number of hydrogen-bond acceptors (Lipinski definition) is 7. The number of carbonyl (C=O) groups excluding carboxylic acids is 3. The van der Waals surface area contributed by atoms with Gasteiger partial charge in [-0.15, -0.1) is 5.10 Å². The molecule has 10 heteroatoms. The summed E-state index contributed by atoms with van der Waals surface area (Å²) in [4.78, 5) is 39.2. The van der Waals surface area contributed by atoms with Crippen LogP contribution in [0.1, 0.15) is 42.3 Å². The lowest BCUT2D eigenvalue weighted by molar-refractivity contribution is -0.131. The molecule has 32 heavy (non-hydrogen) atoms. The number of ether oxygens (including phenoxy) is 1. The van der Waals surface area contributed by atoms with Crippen molar-refractivity contribution in [2.75, 3.05) is 6.61 Å². The van der Waals surface area contributed by atoms with Gasteiger partial charge in [-0.2, -0.15) is 0 Å². The van der Waals surface area contributed by atoms with Crippen LogP contribution in [0.2, 0.25) is 0 Å². The van der Waals surface area contributed by atoms with Gasteiger partial charge in [0.2, 0.25) is 0 Å². The van der Waals surface area contributed by atoms with Gasteiger partial charge in [-0.1, -0.05) is 12.1 Å². The molecule has 1 saturated heterocycles. The second-order valence-electron chi connectivity index (χ2n) is 7.56. The molecule has 0 saturated carbocycles. The van der Waals surface area contributed by atoms with E-state index in [0.29, 0.717) is 34.7 Å². The van der Waals surface area contributed by atoms with Crippen LogP contribution in [-0.2, 0) is 16.9 Å². The van der Waals surface area contributed by atoms with Gasteiger partial charge >= 0.3 is 6.03 Å². The normalized spacial score (nSPS) is 18.0. The number of ketones is 1. The SMILES string of the molecule is CCOc1ccc(C(C)=O)cc1CN1C(=O)N[C@@](C)(c2cccc(-n3cnnn3)c2)C1=O. The topological polar surface area (TPSA) is 119 Å². The predicted molar refractivity (Wildman–Crippen MR) is 113 cm³/mol. The second-order valence-corrected chi connectivity index (χ2v) is 7.56. The van der Waals surface area contributed by atoms with E-state index in [1.165, 1.54) is 17.9 Å². The molecule has 0 aliphatic carbocycles. The Morgan fingerprint density at radius 3 is 2.69 bits per heavy atom. The van der Waals surface area contributed by atoms with E-state index in [1.807, 2.05) is 6.92 Å². The zero-order chi connectivity index (χ0) is 22.9. The molecule has 3 aromatic rings. The minimum Gasteiger partial charge on any atom is -0.494 e. The third kappa shape index (κ3) is 3.70. The Kier molecular flexibility index (Phi) is 5.43. The standard InChI is InChI=1S/C22H22N6O4/c1-4-32-19-9-8-15(14(2)29)10-16(19)12-27-20(30)22(3,24-21(27)31)17-6-5-7-18(11-17)28-13-23-25-26-28/h5-11,13H,4,12H2,1-3H3,(H,24,31)/t22-/m0/s1. The summed E-state index contributed by atoms with van der Waals surface area (Å²) in [7, 11) is 0. The summed E-state index contributed by atoms with van der Waals surface area (Å²) in [5, 5.41) is 13.9. The summed E-state index contributed by atoms with van der Waals surface area (Å²) in [6.45, 7) is 5.34. The van der Waals surface area contributed by atoms with Gasteiger partial charge in [-0.25, -0.2) is 9.48 Å². The van der Waals surface area contributed by atoms with Crippen LogP contribution in [0.15, 0.2) is 48.8 Å². The summed E-state index contributed by atoms with van der Waals surface area (Å²) in [6.07, 6.45) is 1.44. The first-order valence-corrected chi connectivity index (χ1v) is 10.1. The van der Waals surface area contributed by atoms with Crippen molar-refractivity contribution in [2.45, 2.75) is 32.9 Å². The molecule has 10 nitrogen and oxygen atoms in total. The second kappa shape index (κ2) is 8.22. The van der Waals surface area contributed by atoms with Gasteiger partial charge in [0.05, 0.1) is 18.8 Å². The highest BCUT2D eigenvalue weighted by Crippen LogP contribution is 2.32. The van der Waals surface area contributed by atoms with Crippen molar-refractivity contribution in [3.8, 4) is 11.4 Å². The highest BCUT2D eigenvalue weighted by Gasteiger charge is 2.49. The number of tetrazole rings is 1. The van der Waals surface area contributed by atoms with E-state index in [4.69, 9.17) is 4.74 Å². The zero-order valence-corrected chi connectivity index (χ0v) is 17.9. The Bertz CT molecular complexity index is 1190. The van der Waals surface area contributed by atoms with Crippen molar-refractivity contribution in [2.24, 2.45) is 0 Å². The van der Waals surface area contributed by atoms with E-state index >= 15 is 0 Å². The quantitative estimate of drug-likeness (QED) is 0.447. The fourth-order valence-electron chi connectivity index (χ4n) is 3.66. The molecule has 0 bridgehead atoms. The third-order valence-electron chi connectivity index (χ3n) is 5.41. The number of imide groups is 1. The van der Waals surface area contributed by atoms with Crippen molar-refractivity contribution in [1.29, 1.82) is 0 Å². The van der Waals surface area contributed by atoms with Gasteiger partial charge in [-0.05, 0) is 67.1 Å². The summed E-state index contributed by atoms with van der Waals surface area (Å²) < 4.78 is 7.11. The Morgan fingerprint density at radius 1 is 1.19 bits per heavy atom. The maximum Gasteiger partial charge on any atom is 0.325 e. The molecule has 0 radical (unpaired) electrons. The lowest BCUT2D eigenvalue weighted by Gasteiger charge is -2.23. The van der Waals surface area contributed by atoms with Crippen LogP contribution in [-0.4, -0.2) is 49.4 Å². The molecule has 1 fully saturated rings. The van der Waals surface area contributed by atoms with Crippen molar-refractivity contribution < 1.29 is 19.1 Å². The van der Waals surface area contributed by atoms with Gasteiger partial charge in [0.1, 0.15) is 17.6 Å². The number of urea groups is 1. The van der Waals surface area contributed by atoms with Crippen molar-refractivity contribution in [1.82, 2.24) is 30.4 Å². The van der Waals surface area contributed by atoms with Crippen LogP contribution in [0.4, 0.5) is 4.79 Å². The fourth-order valence-corrected chi connectivity index (χ4v) is 3.66. The van der Waals surface area contributed by atoms with E-state index < -0.39 is 17.5 Å². The summed E-state index contributed by atoms with van der Waals surface area (Å²) >= 11 is 0. The highest BCUT2D eigenvalue weighted by molar-refractivity contribution is 6.07. The lowest BCUT2D eigenvalue weighted by atomic mass is 9.91. The molecule has 4 rings (SSSR count). The predicted octanol–water partition coefficient (Wildman–Crippen LogP) is 2.23. The van der Waals surface area contributed by atoms with Crippen LogP contribution < -0.4 is 10.1 Å². The molecule has 1 atom stereocenters. The van der Waals surface area contributed by atoms with Crippen molar-refractivity contribution >= 4 is 17.7 Å². The van der Waals surface area contributed by atoms with E-state index in [9.17, 15) is 14.4 Å². The molecule has 2 heterocycles. The average molecular weight is 434 g/mol. The maximum atomic E-state index is 13.4. The largest absolute Gasteiger partial charge is 0.494 e. The zero-order valence-electron chi connectivity index (χ0n) is 17.9. The van der Waals surface area contributed by atoms with Crippen LogP contribution in [0.3, 0.4) is 0 Å². The maximum absolute atomic E-state index is 13.4. The molecule has 3 amide bonds. The monoisotopic (exact) mass is 434 g/mol. The molecule has 1 N–H and O–H groups in total.